The second kappa shape index (κ2) is 5.44. The molecule has 1 aliphatic rings. The highest BCUT2D eigenvalue weighted by molar-refractivity contribution is 9.10. The number of aliphatic imine (C=N–C) groups is 1. The number of hydrogen-bond acceptors (Lipinski definition) is 3. The third-order valence-corrected chi connectivity index (χ3v) is 4.13. The summed E-state index contributed by atoms with van der Waals surface area (Å²) in [5, 5.41) is 0. The molecule has 0 saturated heterocycles. The highest BCUT2D eigenvalue weighted by Crippen LogP contribution is 2.35. The van der Waals surface area contributed by atoms with Crippen LogP contribution in [0.5, 0.6) is 0 Å². The van der Waals surface area contributed by atoms with Crippen molar-refractivity contribution < 1.29 is 8.78 Å². The molecule has 0 fully saturated rings. The lowest BCUT2D eigenvalue weighted by Gasteiger charge is -2.27. The predicted octanol–water partition coefficient (Wildman–Crippen LogP) is 3.60. The normalized spacial score (nSPS) is 18.0. The van der Waals surface area contributed by atoms with E-state index in [1.807, 2.05) is 0 Å². The Hall–Kier alpha value is -1.95. The lowest BCUT2D eigenvalue weighted by atomic mass is 10.1. The van der Waals surface area contributed by atoms with Crippen LogP contribution in [0.1, 0.15) is 11.6 Å². The van der Waals surface area contributed by atoms with Gasteiger partial charge in [0.2, 0.25) is 0 Å². The van der Waals surface area contributed by atoms with Gasteiger partial charge < -0.3 is 10.6 Å². The van der Waals surface area contributed by atoms with Gasteiger partial charge in [-0.05, 0) is 48.0 Å². The zero-order valence-corrected chi connectivity index (χ0v) is 12.5. The van der Waals surface area contributed by atoms with E-state index in [0.29, 0.717) is 12.5 Å². The molecule has 2 aromatic rings. The minimum absolute atomic E-state index is 0.222. The van der Waals surface area contributed by atoms with Gasteiger partial charge in [0.15, 0.2) is 5.96 Å². The molecule has 0 spiro atoms. The van der Waals surface area contributed by atoms with Crippen LogP contribution in [0.3, 0.4) is 0 Å². The summed E-state index contributed by atoms with van der Waals surface area (Å²) in [6, 6.07) is 10.3. The van der Waals surface area contributed by atoms with Crippen molar-refractivity contribution in [1.29, 1.82) is 0 Å². The van der Waals surface area contributed by atoms with E-state index in [-0.39, 0.29) is 17.7 Å². The molecule has 1 heterocycles. The van der Waals surface area contributed by atoms with Crippen LogP contribution < -0.4 is 10.6 Å². The summed E-state index contributed by atoms with van der Waals surface area (Å²) in [4.78, 5) is 6.01. The van der Waals surface area contributed by atoms with Crippen LogP contribution in [-0.4, -0.2) is 12.5 Å². The van der Waals surface area contributed by atoms with Gasteiger partial charge in [0.1, 0.15) is 11.6 Å². The second-order valence-electron chi connectivity index (χ2n) is 4.73. The maximum absolute atomic E-state index is 13.5. The van der Waals surface area contributed by atoms with E-state index < -0.39 is 0 Å². The first kappa shape index (κ1) is 14.0. The third kappa shape index (κ3) is 2.63. The Bertz CT molecular complexity index is 701. The van der Waals surface area contributed by atoms with Gasteiger partial charge in [0.25, 0.3) is 0 Å². The van der Waals surface area contributed by atoms with Crippen LogP contribution >= 0.6 is 15.9 Å². The molecule has 3 nitrogen and oxygen atoms in total. The van der Waals surface area contributed by atoms with Crippen LogP contribution in [0.2, 0.25) is 0 Å². The molecule has 3 rings (SSSR count). The Morgan fingerprint density at radius 3 is 2.48 bits per heavy atom. The van der Waals surface area contributed by atoms with Crippen molar-refractivity contribution in [3.8, 4) is 0 Å². The molecule has 1 atom stereocenters. The average molecular weight is 352 g/mol. The van der Waals surface area contributed by atoms with Crippen molar-refractivity contribution in [2.24, 2.45) is 10.7 Å². The van der Waals surface area contributed by atoms with E-state index in [9.17, 15) is 8.78 Å². The van der Waals surface area contributed by atoms with E-state index >= 15 is 0 Å². The molecular formula is C15H12BrF2N3. The Morgan fingerprint density at radius 2 is 1.76 bits per heavy atom. The summed E-state index contributed by atoms with van der Waals surface area (Å²) in [6.45, 7) is 0.422. The highest BCUT2D eigenvalue weighted by atomic mass is 79.9. The molecule has 108 valence electrons. The first-order valence-corrected chi connectivity index (χ1v) is 7.15. The van der Waals surface area contributed by atoms with Crippen LogP contribution in [0.4, 0.5) is 14.5 Å². The molecule has 2 aromatic carbocycles. The monoisotopic (exact) mass is 351 g/mol. The van der Waals surface area contributed by atoms with Crippen LogP contribution in [-0.2, 0) is 0 Å². The first-order valence-electron chi connectivity index (χ1n) is 6.36. The van der Waals surface area contributed by atoms with Gasteiger partial charge in [-0.15, -0.1) is 0 Å². The summed E-state index contributed by atoms with van der Waals surface area (Å²) in [5.74, 6) is -0.308. The minimum Gasteiger partial charge on any atom is -0.369 e. The van der Waals surface area contributed by atoms with Crippen molar-refractivity contribution in [3.05, 3.63) is 64.1 Å². The lowest BCUT2D eigenvalue weighted by Crippen LogP contribution is -2.36. The third-order valence-electron chi connectivity index (χ3n) is 3.41. The molecule has 1 unspecified atom stereocenters. The van der Waals surface area contributed by atoms with Gasteiger partial charge in [-0.25, -0.2) is 8.78 Å². The maximum atomic E-state index is 13.5. The van der Waals surface area contributed by atoms with E-state index in [0.717, 1.165) is 15.7 Å². The number of halogens is 3. The van der Waals surface area contributed by atoms with Gasteiger partial charge in [-0.1, -0.05) is 15.9 Å². The molecule has 6 heteroatoms. The van der Waals surface area contributed by atoms with Crippen molar-refractivity contribution in [1.82, 2.24) is 0 Å². The molecule has 0 bridgehead atoms. The zero-order chi connectivity index (χ0) is 15.0. The van der Waals surface area contributed by atoms with Gasteiger partial charge >= 0.3 is 0 Å². The topological polar surface area (TPSA) is 41.6 Å². The standard InChI is InChI=1S/C15H12BrF2N3/c16-13-6-3-10(18)7-12(13)14-8-20-15(19)21(14)11-4-1-9(17)2-5-11/h1-7,14H,8H2,(H2,19,20). The number of guanidine groups is 1. The van der Waals surface area contributed by atoms with Crippen LogP contribution in [0.15, 0.2) is 51.9 Å². The molecule has 1 aliphatic heterocycles. The van der Waals surface area contributed by atoms with Gasteiger partial charge in [0.05, 0.1) is 12.6 Å². The molecule has 0 radical (unpaired) electrons. The lowest BCUT2D eigenvalue weighted by molar-refractivity contribution is 0.620. The molecule has 0 aromatic heterocycles. The van der Waals surface area contributed by atoms with E-state index in [1.54, 1.807) is 23.1 Å². The zero-order valence-electron chi connectivity index (χ0n) is 10.9. The first-order chi connectivity index (χ1) is 10.1. The van der Waals surface area contributed by atoms with Gasteiger partial charge in [0, 0.05) is 10.2 Å². The fourth-order valence-corrected chi connectivity index (χ4v) is 2.93. The fourth-order valence-electron chi connectivity index (χ4n) is 2.42. The van der Waals surface area contributed by atoms with Crippen LogP contribution in [0, 0.1) is 11.6 Å². The number of hydrogen-bond donors (Lipinski definition) is 1. The number of nitrogens with zero attached hydrogens (tertiary/aromatic N) is 2. The molecular weight excluding hydrogens is 340 g/mol. The van der Waals surface area contributed by atoms with E-state index in [2.05, 4.69) is 20.9 Å². The summed E-state index contributed by atoms with van der Waals surface area (Å²) < 4.78 is 27.4. The van der Waals surface area contributed by atoms with Gasteiger partial charge in [-0.3, -0.25) is 4.99 Å². The van der Waals surface area contributed by atoms with Gasteiger partial charge in [-0.2, -0.15) is 0 Å². The van der Waals surface area contributed by atoms with Crippen molar-refractivity contribution in [2.75, 3.05) is 11.4 Å². The summed E-state index contributed by atoms with van der Waals surface area (Å²) in [6.07, 6.45) is 0. The van der Waals surface area contributed by atoms with Crippen molar-refractivity contribution in [2.45, 2.75) is 6.04 Å². The fraction of sp³-hybridized carbons (Fsp3) is 0.133. The molecule has 21 heavy (non-hydrogen) atoms. The second-order valence-corrected chi connectivity index (χ2v) is 5.58. The number of anilines is 1. The van der Waals surface area contributed by atoms with E-state index in [1.165, 1.54) is 24.3 Å². The van der Waals surface area contributed by atoms with Crippen molar-refractivity contribution in [3.63, 3.8) is 0 Å². The summed E-state index contributed by atoms with van der Waals surface area (Å²) in [5.41, 5.74) is 7.41. The smallest absolute Gasteiger partial charge is 0.196 e. The Morgan fingerprint density at radius 1 is 1.10 bits per heavy atom. The maximum Gasteiger partial charge on any atom is 0.196 e. The minimum atomic E-state index is -0.322. The Balaban J connectivity index is 2.02. The number of rotatable bonds is 2. The summed E-state index contributed by atoms with van der Waals surface area (Å²) in [7, 11) is 0. The predicted molar refractivity (Wildman–Crippen MR) is 82.2 cm³/mol. The SMILES string of the molecule is NC1=NCC(c2cc(F)ccc2Br)N1c1ccc(F)cc1. The molecule has 0 saturated carbocycles. The van der Waals surface area contributed by atoms with Crippen molar-refractivity contribution >= 4 is 27.6 Å². The molecule has 0 aliphatic carbocycles. The largest absolute Gasteiger partial charge is 0.369 e. The Labute approximate surface area is 129 Å². The highest BCUT2D eigenvalue weighted by Gasteiger charge is 2.30. The quantitative estimate of drug-likeness (QED) is 0.897. The average Bonchev–Trinajstić information content (AvgIpc) is 2.84. The molecule has 0 amide bonds. The molecule has 2 N–H and O–H groups in total. The van der Waals surface area contributed by atoms with Crippen LogP contribution in [0.25, 0.3) is 0 Å². The number of benzene rings is 2. The van der Waals surface area contributed by atoms with E-state index in [4.69, 9.17) is 5.73 Å². The number of nitrogens with two attached hydrogens (primary N) is 1. The summed E-state index contributed by atoms with van der Waals surface area (Å²) >= 11 is 3.43. The Kier molecular flexibility index (Phi) is 3.63.